The average molecular weight is 237 g/mol. The van der Waals surface area contributed by atoms with Crippen molar-refractivity contribution in [3.8, 4) is 11.6 Å². The molecule has 0 N–H and O–H groups in total. The van der Waals surface area contributed by atoms with Crippen LogP contribution in [0.25, 0.3) is 11.6 Å². The van der Waals surface area contributed by atoms with Crippen LogP contribution >= 0.6 is 11.6 Å². The van der Waals surface area contributed by atoms with Gasteiger partial charge in [0.2, 0.25) is 0 Å². The number of imidazole rings is 1. The topological polar surface area (TPSA) is 31.0 Å². The van der Waals surface area contributed by atoms with Crippen molar-refractivity contribution >= 4 is 11.6 Å². The van der Waals surface area contributed by atoms with E-state index in [0.717, 1.165) is 30.5 Å². The smallest absolute Gasteiger partial charge is 0.194 e. The fraction of sp³-hybridized carbons (Fsp3) is 0.417. The molecule has 0 amide bonds. The van der Waals surface area contributed by atoms with Gasteiger partial charge in [-0.15, -0.1) is 0 Å². The van der Waals surface area contributed by atoms with Crippen molar-refractivity contribution in [2.75, 3.05) is 0 Å². The summed E-state index contributed by atoms with van der Waals surface area (Å²) in [4.78, 5) is 4.43. The number of aromatic nitrogens is 2. The minimum atomic E-state index is 0.413. The lowest BCUT2D eigenvalue weighted by Crippen LogP contribution is -2.17. The van der Waals surface area contributed by atoms with E-state index in [1.165, 1.54) is 12.1 Å². The van der Waals surface area contributed by atoms with Gasteiger partial charge in [-0.2, -0.15) is 0 Å². The third-order valence-electron chi connectivity index (χ3n) is 3.13. The van der Waals surface area contributed by atoms with Crippen LogP contribution in [0.2, 0.25) is 5.22 Å². The second kappa shape index (κ2) is 3.67. The highest BCUT2D eigenvalue weighted by Gasteiger charge is 2.20. The van der Waals surface area contributed by atoms with Gasteiger partial charge in [-0.1, -0.05) is 6.92 Å². The fourth-order valence-electron chi connectivity index (χ4n) is 2.26. The summed E-state index contributed by atoms with van der Waals surface area (Å²) in [5.41, 5.74) is 1.29. The van der Waals surface area contributed by atoms with E-state index < -0.39 is 0 Å². The summed E-state index contributed by atoms with van der Waals surface area (Å²) in [6.45, 7) is 3.30. The van der Waals surface area contributed by atoms with Crippen LogP contribution < -0.4 is 0 Å². The molecule has 3 rings (SSSR count). The molecule has 1 aliphatic rings. The summed E-state index contributed by atoms with van der Waals surface area (Å²) < 4.78 is 7.63. The first-order chi connectivity index (χ1) is 7.74. The Morgan fingerprint density at radius 1 is 1.50 bits per heavy atom. The lowest BCUT2D eigenvalue weighted by atomic mass is 9.99. The average Bonchev–Trinajstić information content (AvgIpc) is 2.83. The Bertz CT molecular complexity index is 515. The maximum atomic E-state index is 5.78. The van der Waals surface area contributed by atoms with Gasteiger partial charge in [-0.3, -0.25) is 0 Å². The highest BCUT2D eigenvalue weighted by molar-refractivity contribution is 6.28. The lowest BCUT2D eigenvalue weighted by molar-refractivity contribution is 0.416. The third-order valence-corrected chi connectivity index (χ3v) is 3.34. The van der Waals surface area contributed by atoms with Gasteiger partial charge in [0.1, 0.15) is 0 Å². The zero-order chi connectivity index (χ0) is 11.1. The van der Waals surface area contributed by atoms with Crippen LogP contribution in [0.5, 0.6) is 0 Å². The molecule has 0 spiro atoms. The van der Waals surface area contributed by atoms with E-state index in [2.05, 4.69) is 16.5 Å². The van der Waals surface area contributed by atoms with E-state index in [1.807, 2.05) is 12.3 Å². The van der Waals surface area contributed by atoms with Gasteiger partial charge in [0.15, 0.2) is 16.8 Å². The van der Waals surface area contributed by atoms with E-state index >= 15 is 0 Å². The number of furan rings is 1. The number of hydrogen-bond donors (Lipinski definition) is 0. The maximum Gasteiger partial charge on any atom is 0.194 e. The molecule has 2 aromatic rings. The van der Waals surface area contributed by atoms with Crippen LogP contribution in [0.4, 0.5) is 0 Å². The van der Waals surface area contributed by atoms with Gasteiger partial charge in [0.25, 0.3) is 0 Å². The van der Waals surface area contributed by atoms with Crippen molar-refractivity contribution in [3.63, 3.8) is 0 Å². The van der Waals surface area contributed by atoms with Crippen molar-refractivity contribution in [2.24, 2.45) is 5.92 Å². The first-order valence-electron chi connectivity index (χ1n) is 5.54. The molecule has 0 aromatic carbocycles. The molecule has 0 saturated carbocycles. The van der Waals surface area contributed by atoms with Gasteiger partial charge < -0.3 is 8.98 Å². The van der Waals surface area contributed by atoms with E-state index in [-0.39, 0.29) is 0 Å². The second-order valence-corrected chi connectivity index (χ2v) is 4.80. The first-order valence-corrected chi connectivity index (χ1v) is 5.92. The minimum absolute atomic E-state index is 0.413. The normalized spacial score (nSPS) is 19.8. The highest BCUT2D eigenvalue weighted by Crippen LogP contribution is 2.28. The van der Waals surface area contributed by atoms with E-state index in [1.54, 1.807) is 6.07 Å². The SMILES string of the molecule is CC1CCn2c(cnc2-c2ccc(Cl)o2)C1. The predicted octanol–water partition coefficient (Wildman–Crippen LogP) is 3.38. The van der Waals surface area contributed by atoms with Crippen molar-refractivity contribution < 1.29 is 4.42 Å². The molecule has 1 aliphatic heterocycles. The molecule has 4 heteroatoms. The van der Waals surface area contributed by atoms with Crippen LogP contribution in [-0.2, 0) is 13.0 Å². The quantitative estimate of drug-likeness (QED) is 0.760. The molecular formula is C12H13ClN2O. The molecule has 0 fully saturated rings. The third kappa shape index (κ3) is 1.55. The van der Waals surface area contributed by atoms with Crippen molar-refractivity contribution in [2.45, 2.75) is 26.3 Å². The molecule has 3 heterocycles. The predicted molar refractivity (Wildman–Crippen MR) is 62.4 cm³/mol. The zero-order valence-corrected chi connectivity index (χ0v) is 9.87. The van der Waals surface area contributed by atoms with Gasteiger partial charge in [-0.25, -0.2) is 4.98 Å². The second-order valence-electron chi connectivity index (χ2n) is 4.43. The van der Waals surface area contributed by atoms with Crippen LogP contribution in [0, 0.1) is 5.92 Å². The molecule has 1 unspecified atom stereocenters. The highest BCUT2D eigenvalue weighted by atomic mass is 35.5. The Balaban J connectivity index is 2.03. The zero-order valence-electron chi connectivity index (χ0n) is 9.11. The molecule has 0 bridgehead atoms. The molecule has 0 radical (unpaired) electrons. The fourth-order valence-corrected chi connectivity index (χ4v) is 2.41. The number of nitrogens with zero attached hydrogens (tertiary/aromatic N) is 2. The first kappa shape index (κ1) is 9.97. The Morgan fingerprint density at radius 2 is 2.38 bits per heavy atom. The monoisotopic (exact) mass is 236 g/mol. The van der Waals surface area contributed by atoms with Gasteiger partial charge in [-0.05, 0) is 42.5 Å². The van der Waals surface area contributed by atoms with Crippen molar-refractivity contribution in [1.82, 2.24) is 9.55 Å². The Hall–Kier alpha value is -1.22. The molecule has 16 heavy (non-hydrogen) atoms. The molecule has 0 aliphatic carbocycles. The summed E-state index contributed by atoms with van der Waals surface area (Å²) in [6.07, 6.45) is 4.24. The molecule has 2 aromatic heterocycles. The number of fused-ring (bicyclic) bond motifs is 1. The van der Waals surface area contributed by atoms with Crippen LogP contribution in [0.1, 0.15) is 19.0 Å². The van der Waals surface area contributed by atoms with Crippen LogP contribution in [0.3, 0.4) is 0 Å². The summed E-state index contributed by atoms with van der Waals surface area (Å²) in [5.74, 6) is 2.40. The van der Waals surface area contributed by atoms with E-state index in [0.29, 0.717) is 5.22 Å². The molecule has 84 valence electrons. The summed E-state index contributed by atoms with van der Waals surface area (Å²) in [6, 6.07) is 3.62. The Kier molecular flexibility index (Phi) is 2.28. The molecular weight excluding hydrogens is 224 g/mol. The Morgan fingerprint density at radius 3 is 3.12 bits per heavy atom. The molecule has 0 saturated heterocycles. The summed E-state index contributed by atoms with van der Waals surface area (Å²) in [5, 5.41) is 0.413. The van der Waals surface area contributed by atoms with E-state index in [4.69, 9.17) is 16.0 Å². The number of rotatable bonds is 1. The summed E-state index contributed by atoms with van der Waals surface area (Å²) in [7, 11) is 0. The summed E-state index contributed by atoms with van der Waals surface area (Å²) >= 11 is 5.78. The van der Waals surface area contributed by atoms with Crippen molar-refractivity contribution in [1.29, 1.82) is 0 Å². The van der Waals surface area contributed by atoms with Gasteiger partial charge in [0, 0.05) is 18.4 Å². The standard InChI is InChI=1S/C12H13ClN2O/c1-8-4-5-15-9(6-8)7-14-12(15)10-2-3-11(13)16-10/h2-3,7-8H,4-6H2,1H3. The van der Waals surface area contributed by atoms with Gasteiger partial charge >= 0.3 is 0 Å². The molecule has 3 nitrogen and oxygen atoms in total. The largest absolute Gasteiger partial charge is 0.441 e. The Labute approximate surface area is 99.0 Å². The lowest BCUT2D eigenvalue weighted by Gasteiger charge is -2.21. The number of hydrogen-bond acceptors (Lipinski definition) is 2. The van der Waals surface area contributed by atoms with Crippen LogP contribution in [0.15, 0.2) is 22.7 Å². The minimum Gasteiger partial charge on any atom is -0.441 e. The maximum absolute atomic E-state index is 5.78. The number of halogens is 1. The molecule has 1 atom stereocenters. The van der Waals surface area contributed by atoms with Crippen molar-refractivity contribution in [3.05, 3.63) is 29.2 Å². The van der Waals surface area contributed by atoms with Crippen LogP contribution in [-0.4, -0.2) is 9.55 Å². The van der Waals surface area contributed by atoms with E-state index in [9.17, 15) is 0 Å². The van der Waals surface area contributed by atoms with Gasteiger partial charge in [0.05, 0.1) is 0 Å².